The van der Waals surface area contributed by atoms with E-state index in [0.29, 0.717) is 6.04 Å². The number of nitrogens with two attached hydrogens (primary N) is 1. The normalized spacial score (nSPS) is 26.0. The van der Waals surface area contributed by atoms with Crippen LogP contribution in [0.2, 0.25) is 0 Å². The Morgan fingerprint density at radius 1 is 1.17 bits per heavy atom. The van der Waals surface area contributed by atoms with E-state index in [0.717, 1.165) is 24.4 Å². The van der Waals surface area contributed by atoms with Gasteiger partial charge in [0.2, 0.25) is 0 Å². The van der Waals surface area contributed by atoms with Gasteiger partial charge in [0, 0.05) is 18.6 Å². The van der Waals surface area contributed by atoms with Crippen LogP contribution in [0.1, 0.15) is 66.2 Å². The minimum absolute atomic E-state index is 0.593. The molecule has 0 aromatic rings. The van der Waals surface area contributed by atoms with Crippen LogP contribution in [-0.2, 0) is 0 Å². The van der Waals surface area contributed by atoms with E-state index in [1.807, 2.05) is 0 Å². The summed E-state index contributed by atoms with van der Waals surface area (Å²) < 4.78 is 0. The molecular weight excluding hydrogens is 220 g/mol. The summed E-state index contributed by atoms with van der Waals surface area (Å²) in [6, 6.07) is 1.37. The minimum Gasteiger partial charge on any atom is -0.329 e. The summed E-state index contributed by atoms with van der Waals surface area (Å²) in [5, 5.41) is 0. The fourth-order valence-electron chi connectivity index (χ4n) is 3.67. The van der Waals surface area contributed by atoms with Crippen LogP contribution in [0.15, 0.2) is 0 Å². The van der Waals surface area contributed by atoms with Crippen molar-refractivity contribution in [1.82, 2.24) is 4.90 Å². The largest absolute Gasteiger partial charge is 0.329 e. The molecule has 0 bridgehead atoms. The molecule has 2 heteroatoms. The summed E-state index contributed by atoms with van der Waals surface area (Å²) in [5.74, 6) is 1.50. The molecule has 1 aliphatic heterocycles. The molecule has 1 fully saturated rings. The Morgan fingerprint density at radius 2 is 1.89 bits per heavy atom. The van der Waals surface area contributed by atoms with Crippen LogP contribution in [0.4, 0.5) is 0 Å². The Morgan fingerprint density at radius 3 is 2.44 bits per heavy atom. The molecule has 0 aliphatic carbocycles. The zero-order valence-electron chi connectivity index (χ0n) is 13.0. The molecule has 2 nitrogen and oxygen atoms in total. The number of nitrogens with zero attached hydrogens (tertiary/aromatic N) is 1. The molecule has 3 atom stereocenters. The fourth-order valence-corrected chi connectivity index (χ4v) is 3.67. The van der Waals surface area contributed by atoms with E-state index in [1.54, 1.807) is 0 Å². The third-order valence-electron chi connectivity index (χ3n) is 4.56. The van der Waals surface area contributed by atoms with Crippen molar-refractivity contribution in [1.29, 1.82) is 0 Å². The van der Waals surface area contributed by atoms with Crippen molar-refractivity contribution in [2.75, 3.05) is 13.1 Å². The van der Waals surface area contributed by atoms with Crippen LogP contribution < -0.4 is 5.73 Å². The van der Waals surface area contributed by atoms with E-state index in [1.165, 1.54) is 45.1 Å². The second kappa shape index (κ2) is 8.16. The van der Waals surface area contributed by atoms with Crippen LogP contribution in [-0.4, -0.2) is 30.1 Å². The van der Waals surface area contributed by atoms with Crippen LogP contribution in [0.25, 0.3) is 0 Å². The Labute approximate surface area is 114 Å². The van der Waals surface area contributed by atoms with Gasteiger partial charge in [-0.15, -0.1) is 0 Å². The van der Waals surface area contributed by atoms with Gasteiger partial charge in [0.25, 0.3) is 0 Å². The Balaban J connectivity index is 2.69. The Hall–Kier alpha value is -0.0800. The van der Waals surface area contributed by atoms with Crippen molar-refractivity contribution in [3.8, 4) is 0 Å². The first-order valence-electron chi connectivity index (χ1n) is 8.05. The van der Waals surface area contributed by atoms with Gasteiger partial charge in [-0.2, -0.15) is 0 Å². The number of likely N-dealkylation sites (tertiary alicyclic amines) is 1. The maximum Gasteiger partial charge on any atom is 0.0247 e. The second-order valence-corrected chi connectivity index (χ2v) is 6.56. The van der Waals surface area contributed by atoms with Crippen molar-refractivity contribution in [2.24, 2.45) is 17.6 Å². The van der Waals surface area contributed by atoms with Gasteiger partial charge in [-0.25, -0.2) is 0 Å². The standard InChI is InChI=1S/C16H34N2/c1-5-15-9-7-6-8-10-18(15)16(12-17)14(4)11-13(2)3/h13-16H,5-12,17H2,1-4H3. The van der Waals surface area contributed by atoms with E-state index in [9.17, 15) is 0 Å². The lowest BCUT2D eigenvalue weighted by atomic mass is 9.89. The highest BCUT2D eigenvalue weighted by Crippen LogP contribution is 2.26. The molecule has 0 aromatic heterocycles. The van der Waals surface area contributed by atoms with Crippen molar-refractivity contribution in [2.45, 2.75) is 78.3 Å². The van der Waals surface area contributed by atoms with Gasteiger partial charge in [-0.05, 0) is 44.1 Å². The van der Waals surface area contributed by atoms with Crippen LogP contribution in [0.5, 0.6) is 0 Å². The maximum atomic E-state index is 6.11. The highest BCUT2D eigenvalue weighted by Gasteiger charge is 2.29. The first-order valence-corrected chi connectivity index (χ1v) is 8.05. The maximum absolute atomic E-state index is 6.11. The molecule has 1 aliphatic rings. The Kier molecular flexibility index (Phi) is 7.25. The summed E-state index contributed by atoms with van der Waals surface area (Å²) in [6.07, 6.45) is 8.14. The van der Waals surface area contributed by atoms with E-state index in [2.05, 4.69) is 32.6 Å². The molecule has 0 radical (unpaired) electrons. The first-order chi connectivity index (χ1) is 8.60. The van der Waals surface area contributed by atoms with E-state index < -0.39 is 0 Å². The van der Waals surface area contributed by atoms with Crippen molar-refractivity contribution in [3.05, 3.63) is 0 Å². The fraction of sp³-hybridized carbons (Fsp3) is 1.00. The molecule has 18 heavy (non-hydrogen) atoms. The number of hydrogen-bond acceptors (Lipinski definition) is 2. The molecular formula is C16H34N2. The summed E-state index contributed by atoms with van der Waals surface area (Å²) in [5.41, 5.74) is 6.11. The van der Waals surface area contributed by atoms with Gasteiger partial charge in [0.1, 0.15) is 0 Å². The molecule has 1 rings (SSSR count). The van der Waals surface area contributed by atoms with Crippen LogP contribution in [0.3, 0.4) is 0 Å². The third-order valence-corrected chi connectivity index (χ3v) is 4.56. The zero-order chi connectivity index (χ0) is 13.5. The first kappa shape index (κ1) is 16.0. The average molecular weight is 254 g/mol. The van der Waals surface area contributed by atoms with Crippen molar-refractivity contribution < 1.29 is 0 Å². The van der Waals surface area contributed by atoms with E-state index in [4.69, 9.17) is 5.73 Å². The van der Waals surface area contributed by atoms with Gasteiger partial charge >= 0.3 is 0 Å². The summed E-state index contributed by atoms with van der Waals surface area (Å²) in [4.78, 5) is 2.75. The van der Waals surface area contributed by atoms with Gasteiger partial charge in [0.05, 0.1) is 0 Å². The summed E-state index contributed by atoms with van der Waals surface area (Å²) >= 11 is 0. The quantitative estimate of drug-likeness (QED) is 0.784. The highest BCUT2D eigenvalue weighted by molar-refractivity contribution is 4.85. The molecule has 0 amide bonds. The SMILES string of the molecule is CCC1CCCCCN1C(CN)C(C)CC(C)C. The molecule has 0 aromatic carbocycles. The van der Waals surface area contributed by atoms with E-state index in [-0.39, 0.29) is 0 Å². The average Bonchev–Trinajstić information content (AvgIpc) is 2.54. The van der Waals surface area contributed by atoms with Crippen LogP contribution in [0, 0.1) is 11.8 Å². The number of hydrogen-bond donors (Lipinski definition) is 1. The lowest BCUT2D eigenvalue weighted by molar-refractivity contribution is 0.0923. The smallest absolute Gasteiger partial charge is 0.0247 e. The van der Waals surface area contributed by atoms with Crippen LogP contribution >= 0.6 is 0 Å². The molecule has 0 spiro atoms. The predicted octanol–water partition coefficient (Wildman–Crippen LogP) is 3.65. The van der Waals surface area contributed by atoms with Gasteiger partial charge in [-0.3, -0.25) is 4.90 Å². The van der Waals surface area contributed by atoms with Gasteiger partial charge in [-0.1, -0.05) is 40.5 Å². The Bertz CT molecular complexity index is 215. The third kappa shape index (κ3) is 4.55. The van der Waals surface area contributed by atoms with Crippen molar-refractivity contribution in [3.63, 3.8) is 0 Å². The molecule has 1 heterocycles. The minimum atomic E-state index is 0.593. The number of rotatable bonds is 6. The van der Waals surface area contributed by atoms with E-state index >= 15 is 0 Å². The summed E-state index contributed by atoms with van der Waals surface area (Å²) in [7, 11) is 0. The second-order valence-electron chi connectivity index (χ2n) is 6.56. The zero-order valence-corrected chi connectivity index (χ0v) is 13.0. The molecule has 1 saturated heterocycles. The van der Waals surface area contributed by atoms with Gasteiger partial charge in [0.15, 0.2) is 0 Å². The molecule has 108 valence electrons. The molecule has 3 unspecified atom stereocenters. The predicted molar refractivity (Wildman–Crippen MR) is 80.7 cm³/mol. The lowest BCUT2D eigenvalue weighted by Gasteiger charge is -2.40. The van der Waals surface area contributed by atoms with Crippen molar-refractivity contribution >= 4 is 0 Å². The summed E-state index contributed by atoms with van der Waals surface area (Å²) in [6.45, 7) is 11.5. The lowest BCUT2D eigenvalue weighted by Crippen LogP contribution is -2.50. The molecule has 0 saturated carbocycles. The monoisotopic (exact) mass is 254 g/mol. The molecule has 2 N–H and O–H groups in total. The van der Waals surface area contributed by atoms with Gasteiger partial charge < -0.3 is 5.73 Å². The highest BCUT2D eigenvalue weighted by atomic mass is 15.2. The topological polar surface area (TPSA) is 29.3 Å².